The second-order valence-corrected chi connectivity index (χ2v) is 6.53. The van der Waals surface area contributed by atoms with Crippen LogP contribution in [0.5, 0.6) is 0 Å². The second kappa shape index (κ2) is 7.18. The lowest BCUT2D eigenvalue weighted by Gasteiger charge is -2.10. The Balaban J connectivity index is 1.54. The lowest BCUT2D eigenvalue weighted by molar-refractivity contribution is 0.925. The Hall–Kier alpha value is -2.85. The minimum Gasteiger partial charge on any atom is -0.366 e. The van der Waals surface area contributed by atoms with Gasteiger partial charge in [0.2, 0.25) is 0 Å². The minimum absolute atomic E-state index is 0.467. The first-order valence-electron chi connectivity index (χ1n) is 8.66. The molecule has 4 aromatic rings. The van der Waals surface area contributed by atoms with Crippen LogP contribution >= 0.6 is 11.6 Å². The molecule has 0 fully saturated rings. The maximum atomic E-state index is 6.19. The van der Waals surface area contributed by atoms with E-state index < -0.39 is 0 Å². The summed E-state index contributed by atoms with van der Waals surface area (Å²) in [6, 6.07) is 20.7. The summed E-state index contributed by atoms with van der Waals surface area (Å²) in [4.78, 5) is 4.39. The monoisotopic (exact) mass is 362 g/mol. The molecular formula is C21H19ClN4. The Morgan fingerprint density at radius 3 is 2.46 bits per heavy atom. The number of nitrogens with zero attached hydrogens (tertiary/aromatic N) is 3. The van der Waals surface area contributed by atoms with Crippen molar-refractivity contribution in [3.8, 4) is 11.1 Å². The zero-order valence-corrected chi connectivity index (χ0v) is 15.2. The van der Waals surface area contributed by atoms with Gasteiger partial charge in [0.15, 0.2) is 5.65 Å². The van der Waals surface area contributed by atoms with Crippen molar-refractivity contribution < 1.29 is 0 Å². The molecule has 4 nitrogen and oxygen atoms in total. The summed E-state index contributed by atoms with van der Waals surface area (Å²) in [6.45, 7) is 2.77. The molecule has 2 aromatic carbocycles. The molecule has 0 radical (unpaired) electrons. The van der Waals surface area contributed by atoms with Gasteiger partial charge in [-0.05, 0) is 23.1 Å². The number of halogens is 1. The van der Waals surface area contributed by atoms with Gasteiger partial charge >= 0.3 is 0 Å². The van der Waals surface area contributed by atoms with Crippen LogP contribution in [0.15, 0.2) is 66.9 Å². The van der Waals surface area contributed by atoms with E-state index in [2.05, 4.69) is 70.9 Å². The molecule has 1 N–H and O–H groups in total. The van der Waals surface area contributed by atoms with Crippen LogP contribution in [0.2, 0.25) is 5.15 Å². The largest absolute Gasteiger partial charge is 0.366 e. The summed E-state index contributed by atoms with van der Waals surface area (Å²) in [5.74, 6) is 0.840. The number of benzene rings is 2. The fraction of sp³-hybridized carbons (Fsp3) is 0.143. The first kappa shape index (κ1) is 16.6. The number of nitrogens with one attached hydrogen (secondary N) is 1. The maximum Gasteiger partial charge on any atom is 0.162 e. The van der Waals surface area contributed by atoms with Crippen LogP contribution in [0, 0.1) is 0 Å². The van der Waals surface area contributed by atoms with Crippen LogP contribution in [0.3, 0.4) is 0 Å². The average molecular weight is 363 g/mol. The zero-order valence-electron chi connectivity index (χ0n) is 14.5. The predicted molar refractivity (Wildman–Crippen MR) is 107 cm³/mol. The summed E-state index contributed by atoms with van der Waals surface area (Å²) in [5, 5.41) is 8.31. The average Bonchev–Trinajstić information content (AvgIpc) is 3.10. The van der Waals surface area contributed by atoms with E-state index in [-0.39, 0.29) is 0 Å². The van der Waals surface area contributed by atoms with Crippen molar-refractivity contribution in [2.75, 3.05) is 5.32 Å². The summed E-state index contributed by atoms with van der Waals surface area (Å²) in [7, 11) is 0. The van der Waals surface area contributed by atoms with Gasteiger partial charge in [0.1, 0.15) is 11.0 Å². The van der Waals surface area contributed by atoms with Gasteiger partial charge in [-0.2, -0.15) is 9.61 Å². The first-order chi connectivity index (χ1) is 12.7. The fourth-order valence-corrected chi connectivity index (χ4v) is 3.18. The highest BCUT2D eigenvalue weighted by Gasteiger charge is 2.09. The van der Waals surface area contributed by atoms with Gasteiger partial charge in [-0.3, -0.25) is 0 Å². The molecule has 0 amide bonds. The standard InChI is InChI=1S/C21H19ClN4/c1-2-16-14-24-26-20(12-19(22)25-21(16)26)23-13-15-8-10-18(11-9-15)17-6-4-3-5-7-17/h3-12,14,23H,2,13H2,1H3. The number of aryl methyl sites for hydroxylation is 1. The van der Waals surface area contributed by atoms with Crippen LogP contribution < -0.4 is 5.32 Å². The van der Waals surface area contributed by atoms with Gasteiger partial charge < -0.3 is 5.32 Å². The Labute approximate surface area is 157 Å². The molecule has 0 aliphatic rings. The van der Waals surface area contributed by atoms with E-state index in [1.807, 2.05) is 16.8 Å². The number of rotatable bonds is 5. The van der Waals surface area contributed by atoms with E-state index in [1.54, 1.807) is 6.07 Å². The Morgan fingerprint density at radius 1 is 1.00 bits per heavy atom. The highest BCUT2D eigenvalue weighted by atomic mass is 35.5. The molecule has 4 rings (SSSR count). The van der Waals surface area contributed by atoms with E-state index in [9.17, 15) is 0 Å². The number of aromatic nitrogens is 3. The molecule has 0 spiro atoms. The van der Waals surface area contributed by atoms with Crippen LogP contribution in [0.25, 0.3) is 16.8 Å². The third kappa shape index (κ3) is 3.28. The molecule has 5 heteroatoms. The Morgan fingerprint density at radius 2 is 1.73 bits per heavy atom. The van der Waals surface area contributed by atoms with Crippen LogP contribution in [-0.4, -0.2) is 14.6 Å². The molecule has 0 saturated carbocycles. The number of hydrogen-bond acceptors (Lipinski definition) is 3. The Kier molecular flexibility index (Phi) is 4.59. The molecule has 2 aromatic heterocycles. The molecule has 0 aliphatic carbocycles. The van der Waals surface area contributed by atoms with Crippen molar-refractivity contribution in [1.82, 2.24) is 14.6 Å². The molecule has 26 heavy (non-hydrogen) atoms. The van der Waals surface area contributed by atoms with E-state index in [0.717, 1.165) is 23.4 Å². The number of anilines is 1. The van der Waals surface area contributed by atoms with Crippen molar-refractivity contribution >= 4 is 23.1 Å². The van der Waals surface area contributed by atoms with Crippen molar-refractivity contribution in [2.24, 2.45) is 0 Å². The van der Waals surface area contributed by atoms with Crippen molar-refractivity contribution in [3.63, 3.8) is 0 Å². The molecule has 130 valence electrons. The lowest BCUT2D eigenvalue weighted by Crippen LogP contribution is -2.06. The van der Waals surface area contributed by atoms with Gasteiger partial charge in [-0.15, -0.1) is 0 Å². The molecule has 0 bridgehead atoms. The lowest BCUT2D eigenvalue weighted by atomic mass is 10.0. The van der Waals surface area contributed by atoms with Gasteiger partial charge in [0, 0.05) is 18.2 Å². The minimum atomic E-state index is 0.467. The zero-order chi connectivity index (χ0) is 17.9. The third-order valence-electron chi connectivity index (χ3n) is 4.43. The topological polar surface area (TPSA) is 42.2 Å². The van der Waals surface area contributed by atoms with Crippen molar-refractivity contribution in [1.29, 1.82) is 0 Å². The Bertz CT molecular complexity index is 1020. The highest BCUT2D eigenvalue weighted by Crippen LogP contribution is 2.22. The van der Waals surface area contributed by atoms with Gasteiger partial charge in [-0.1, -0.05) is 73.1 Å². The summed E-state index contributed by atoms with van der Waals surface area (Å²) in [6.07, 6.45) is 2.72. The number of hydrogen-bond donors (Lipinski definition) is 1. The van der Waals surface area contributed by atoms with Gasteiger partial charge in [0.05, 0.1) is 6.20 Å². The van der Waals surface area contributed by atoms with Crippen LogP contribution in [0.1, 0.15) is 18.1 Å². The highest BCUT2D eigenvalue weighted by molar-refractivity contribution is 6.29. The third-order valence-corrected chi connectivity index (χ3v) is 4.62. The van der Waals surface area contributed by atoms with Crippen LogP contribution in [-0.2, 0) is 13.0 Å². The molecule has 0 saturated heterocycles. The maximum absolute atomic E-state index is 6.19. The summed E-state index contributed by atoms with van der Waals surface area (Å²) < 4.78 is 1.81. The van der Waals surface area contributed by atoms with Crippen LogP contribution in [0.4, 0.5) is 5.82 Å². The predicted octanol–water partition coefficient (Wildman–Crippen LogP) is 5.22. The molecular weight excluding hydrogens is 344 g/mol. The van der Waals surface area contributed by atoms with E-state index >= 15 is 0 Å². The molecule has 0 aliphatic heterocycles. The summed E-state index contributed by atoms with van der Waals surface area (Å²) >= 11 is 6.19. The first-order valence-corrected chi connectivity index (χ1v) is 9.04. The quantitative estimate of drug-likeness (QED) is 0.494. The SMILES string of the molecule is CCc1cnn2c(NCc3ccc(-c4ccccc4)cc3)cc(Cl)nc12. The van der Waals surface area contributed by atoms with E-state index in [0.29, 0.717) is 11.7 Å². The normalized spacial score (nSPS) is 11.0. The van der Waals surface area contributed by atoms with Gasteiger partial charge in [-0.25, -0.2) is 4.98 Å². The summed E-state index contributed by atoms with van der Waals surface area (Å²) in [5.41, 5.74) is 5.51. The van der Waals surface area contributed by atoms with Crippen molar-refractivity contribution in [2.45, 2.75) is 19.9 Å². The number of fused-ring (bicyclic) bond motifs is 1. The second-order valence-electron chi connectivity index (χ2n) is 6.14. The van der Waals surface area contributed by atoms with E-state index in [4.69, 9.17) is 11.6 Å². The smallest absolute Gasteiger partial charge is 0.162 e. The molecule has 2 heterocycles. The fourth-order valence-electron chi connectivity index (χ4n) is 2.99. The van der Waals surface area contributed by atoms with Crippen molar-refractivity contribution in [3.05, 3.63) is 83.1 Å². The van der Waals surface area contributed by atoms with Gasteiger partial charge in [0.25, 0.3) is 0 Å². The molecule has 0 unspecified atom stereocenters. The van der Waals surface area contributed by atoms with E-state index in [1.165, 1.54) is 16.7 Å². The molecule has 0 atom stereocenters.